The number of amides is 1. The van der Waals surface area contributed by atoms with Gasteiger partial charge >= 0.3 is 5.97 Å². The predicted molar refractivity (Wildman–Crippen MR) is 163 cm³/mol. The van der Waals surface area contributed by atoms with Gasteiger partial charge in [0.15, 0.2) is 0 Å². The van der Waals surface area contributed by atoms with Gasteiger partial charge in [0.1, 0.15) is 22.9 Å². The summed E-state index contributed by atoms with van der Waals surface area (Å²) >= 11 is 0. The van der Waals surface area contributed by atoms with E-state index >= 15 is 0 Å². The highest BCUT2D eigenvalue weighted by atomic mass is 16.5. The number of nitrogens with zero attached hydrogens (tertiary/aromatic N) is 1. The SMILES string of the molecule is CC(C)Oc1ccc(C(=O)Oc2ccc(OCCCCCCCC=NC(=O)Cc3ccc([NH+](C)C)cc3)cc2)cc1. The van der Waals surface area contributed by atoms with E-state index in [1.54, 1.807) is 42.6 Å². The molecule has 0 heterocycles. The van der Waals surface area contributed by atoms with Crippen molar-refractivity contribution >= 4 is 23.8 Å². The fraction of sp³-hybridized carbons (Fsp3) is 0.382. The van der Waals surface area contributed by atoms with E-state index in [9.17, 15) is 9.59 Å². The van der Waals surface area contributed by atoms with Crippen LogP contribution in [-0.2, 0) is 11.2 Å². The first-order chi connectivity index (χ1) is 19.8. The smallest absolute Gasteiger partial charge is 0.343 e. The van der Waals surface area contributed by atoms with Crippen LogP contribution in [0, 0.1) is 0 Å². The topological polar surface area (TPSA) is 78.6 Å². The Labute approximate surface area is 244 Å². The molecule has 0 aliphatic carbocycles. The Kier molecular flexibility index (Phi) is 13.1. The highest BCUT2D eigenvalue weighted by Crippen LogP contribution is 2.20. The van der Waals surface area contributed by atoms with Gasteiger partial charge in [-0.3, -0.25) is 4.79 Å². The molecule has 0 bridgehead atoms. The van der Waals surface area contributed by atoms with Gasteiger partial charge < -0.3 is 19.1 Å². The maximum atomic E-state index is 12.4. The maximum absolute atomic E-state index is 12.4. The Morgan fingerprint density at radius 2 is 1.39 bits per heavy atom. The molecule has 3 aromatic carbocycles. The number of unbranched alkanes of at least 4 members (excludes halogenated alkanes) is 5. The number of hydrogen-bond donors (Lipinski definition) is 1. The van der Waals surface area contributed by atoms with E-state index < -0.39 is 5.97 Å². The maximum Gasteiger partial charge on any atom is 0.343 e. The summed E-state index contributed by atoms with van der Waals surface area (Å²) in [6.45, 7) is 4.54. The number of carbonyl (C=O) groups is 2. The largest absolute Gasteiger partial charge is 0.494 e. The van der Waals surface area contributed by atoms with Crippen LogP contribution in [0.3, 0.4) is 0 Å². The lowest BCUT2D eigenvalue weighted by Crippen LogP contribution is -3.00. The Hall–Kier alpha value is -3.97. The minimum atomic E-state index is -0.417. The summed E-state index contributed by atoms with van der Waals surface area (Å²) in [7, 11) is 4.15. The fourth-order valence-electron chi connectivity index (χ4n) is 4.11. The normalized spacial score (nSPS) is 11.3. The number of quaternary nitrogens is 1. The molecule has 0 unspecified atom stereocenters. The second-order valence-corrected chi connectivity index (χ2v) is 10.5. The van der Waals surface area contributed by atoms with Crippen molar-refractivity contribution in [3.8, 4) is 17.2 Å². The summed E-state index contributed by atoms with van der Waals surface area (Å²) in [6, 6.07) is 22.1. The Morgan fingerprint density at radius 3 is 2.05 bits per heavy atom. The lowest BCUT2D eigenvalue weighted by molar-refractivity contribution is -0.786. The van der Waals surface area contributed by atoms with Gasteiger partial charge in [0.25, 0.3) is 0 Å². The van der Waals surface area contributed by atoms with Gasteiger partial charge in [0.2, 0.25) is 5.91 Å². The molecule has 0 atom stereocenters. The number of ether oxygens (including phenoxy) is 3. The number of esters is 1. The van der Waals surface area contributed by atoms with Gasteiger partial charge in [-0.15, -0.1) is 0 Å². The molecular weight excluding hydrogens is 516 g/mol. The molecule has 0 aliphatic heterocycles. The second-order valence-electron chi connectivity index (χ2n) is 10.5. The van der Waals surface area contributed by atoms with E-state index in [-0.39, 0.29) is 12.0 Å². The average molecular weight is 560 g/mol. The summed E-state index contributed by atoms with van der Waals surface area (Å²) in [5.74, 6) is 1.42. The zero-order valence-corrected chi connectivity index (χ0v) is 24.7. The predicted octanol–water partition coefficient (Wildman–Crippen LogP) is 6.03. The van der Waals surface area contributed by atoms with Crippen molar-refractivity contribution in [1.29, 1.82) is 0 Å². The average Bonchev–Trinajstić information content (AvgIpc) is 2.95. The van der Waals surface area contributed by atoms with Gasteiger partial charge in [0, 0.05) is 6.21 Å². The van der Waals surface area contributed by atoms with E-state index in [4.69, 9.17) is 14.2 Å². The Balaban J connectivity index is 1.23. The molecule has 218 valence electrons. The molecule has 7 heteroatoms. The summed E-state index contributed by atoms with van der Waals surface area (Å²) < 4.78 is 16.9. The molecule has 0 aliphatic rings. The van der Waals surface area contributed by atoms with E-state index in [1.807, 2.05) is 50.2 Å². The van der Waals surface area contributed by atoms with Gasteiger partial charge in [0.05, 0.1) is 38.8 Å². The molecule has 0 aromatic heterocycles. The van der Waals surface area contributed by atoms with Crippen molar-refractivity contribution in [2.24, 2.45) is 4.99 Å². The van der Waals surface area contributed by atoms with Gasteiger partial charge in [-0.2, -0.15) is 0 Å². The lowest BCUT2D eigenvalue weighted by Gasteiger charge is -2.10. The van der Waals surface area contributed by atoms with E-state index in [2.05, 4.69) is 19.1 Å². The van der Waals surface area contributed by atoms with Crippen LogP contribution in [0.25, 0.3) is 0 Å². The van der Waals surface area contributed by atoms with E-state index in [1.165, 1.54) is 10.6 Å². The monoisotopic (exact) mass is 559 g/mol. The molecule has 3 aromatic rings. The van der Waals surface area contributed by atoms with Crippen LogP contribution in [0.2, 0.25) is 0 Å². The molecule has 0 saturated heterocycles. The van der Waals surface area contributed by atoms with Gasteiger partial charge in [-0.05, 0) is 99.3 Å². The van der Waals surface area contributed by atoms with Crippen molar-refractivity contribution in [3.63, 3.8) is 0 Å². The number of hydrogen-bond acceptors (Lipinski definition) is 5. The van der Waals surface area contributed by atoms with Crippen LogP contribution in [0.15, 0.2) is 77.8 Å². The molecule has 0 radical (unpaired) electrons. The highest BCUT2D eigenvalue weighted by molar-refractivity contribution is 5.91. The molecule has 0 fully saturated rings. The highest BCUT2D eigenvalue weighted by Gasteiger charge is 2.10. The molecule has 1 amide bonds. The number of rotatable bonds is 16. The summed E-state index contributed by atoms with van der Waals surface area (Å²) in [5.41, 5.74) is 2.65. The van der Waals surface area contributed by atoms with Gasteiger partial charge in [-0.25, -0.2) is 9.79 Å². The molecular formula is C34H43N2O5+. The minimum absolute atomic E-state index is 0.0760. The van der Waals surface area contributed by atoms with E-state index in [0.29, 0.717) is 24.3 Å². The summed E-state index contributed by atoms with van der Waals surface area (Å²) in [6.07, 6.45) is 8.28. The molecule has 0 spiro atoms. The zero-order chi connectivity index (χ0) is 29.5. The number of aliphatic imine (C=N–C) groups is 1. The van der Waals surface area contributed by atoms with E-state index in [0.717, 1.165) is 55.6 Å². The van der Waals surface area contributed by atoms with Crippen LogP contribution >= 0.6 is 0 Å². The lowest BCUT2D eigenvalue weighted by atomic mass is 10.1. The van der Waals surface area contributed by atoms with Crippen molar-refractivity contribution < 1.29 is 28.7 Å². The summed E-state index contributed by atoms with van der Waals surface area (Å²) in [4.78, 5) is 29.8. The number of carbonyl (C=O) groups excluding carboxylic acids is 2. The van der Waals surface area contributed by atoms with Crippen molar-refractivity contribution in [3.05, 3.63) is 83.9 Å². The summed E-state index contributed by atoms with van der Waals surface area (Å²) in [5, 5.41) is 0. The van der Waals surface area contributed by atoms with Crippen LogP contribution in [0.5, 0.6) is 17.2 Å². The zero-order valence-electron chi connectivity index (χ0n) is 24.7. The number of nitrogens with one attached hydrogen (secondary N) is 1. The molecule has 41 heavy (non-hydrogen) atoms. The molecule has 3 rings (SSSR count). The van der Waals surface area contributed by atoms with Crippen molar-refractivity contribution in [2.45, 2.75) is 64.9 Å². The minimum Gasteiger partial charge on any atom is -0.494 e. The third kappa shape index (κ3) is 12.0. The number of benzene rings is 3. The van der Waals surface area contributed by atoms with Gasteiger partial charge in [-0.1, -0.05) is 31.4 Å². The van der Waals surface area contributed by atoms with Crippen LogP contribution in [0.1, 0.15) is 68.3 Å². The van der Waals surface area contributed by atoms with Crippen LogP contribution in [-0.4, -0.2) is 44.9 Å². The molecule has 0 saturated carbocycles. The first-order valence-electron chi connectivity index (χ1n) is 14.5. The second kappa shape index (κ2) is 17.0. The fourth-order valence-corrected chi connectivity index (χ4v) is 4.11. The third-order valence-electron chi connectivity index (χ3n) is 6.36. The van der Waals surface area contributed by atoms with Crippen molar-refractivity contribution in [1.82, 2.24) is 0 Å². The molecule has 7 nitrogen and oxygen atoms in total. The Morgan fingerprint density at radius 1 is 0.780 bits per heavy atom. The van der Waals surface area contributed by atoms with Crippen LogP contribution < -0.4 is 19.1 Å². The van der Waals surface area contributed by atoms with Crippen molar-refractivity contribution in [2.75, 3.05) is 20.7 Å². The molecule has 1 N–H and O–H groups in total. The standard InChI is InChI=1S/C34H42N2O5/c1-26(2)40-31-17-13-28(14-18-31)34(38)41-32-21-19-30(20-22-32)39-24-10-8-6-5-7-9-23-35-33(37)25-27-11-15-29(16-12-27)36(3)4/h11-23,26H,5-10,24-25H2,1-4H3/p+1. The quantitative estimate of drug-likeness (QED) is 0.100. The third-order valence-corrected chi connectivity index (χ3v) is 6.36. The van der Waals surface area contributed by atoms with Crippen LogP contribution in [0.4, 0.5) is 5.69 Å². The first kappa shape index (κ1) is 31.6. The Bertz CT molecular complexity index is 1230. The first-order valence-corrected chi connectivity index (χ1v) is 14.5.